The second kappa shape index (κ2) is 7.64. The zero-order chi connectivity index (χ0) is 19.8. The Morgan fingerprint density at radius 2 is 1.83 bits per heavy atom. The molecule has 1 aliphatic heterocycles. The Hall–Kier alpha value is -2.65. The van der Waals surface area contributed by atoms with Gasteiger partial charge in [-0.3, -0.25) is 9.55 Å². The van der Waals surface area contributed by atoms with Crippen molar-refractivity contribution in [3.8, 4) is 22.8 Å². The van der Waals surface area contributed by atoms with Crippen LogP contribution in [0.1, 0.15) is 17.2 Å². The van der Waals surface area contributed by atoms with E-state index in [9.17, 15) is 0 Å². The summed E-state index contributed by atoms with van der Waals surface area (Å²) in [7, 11) is 0. The Kier molecular flexibility index (Phi) is 4.84. The fourth-order valence-electron chi connectivity index (χ4n) is 3.42. The molecule has 4 heterocycles. The van der Waals surface area contributed by atoms with Crippen molar-refractivity contribution in [3.63, 3.8) is 0 Å². The van der Waals surface area contributed by atoms with E-state index in [1.807, 2.05) is 12.1 Å². The summed E-state index contributed by atoms with van der Waals surface area (Å²) in [5, 5.41) is 18.7. The molecule has 7 nitrogen and oxygen atoms in total. The smallest absolute Gasteiger partial charge is 0.276 e. The number of hydrogen-bond donors (Lipinski definition) is 0. The maximum Gasteiger partial charge on any atom is 0.276 e. The van der Waals surface area contributed by atoms with Crippen molar-refractivity contribution >= 4 is 23.5 Å². The highest BCUT2D eigenvalue weighted by atomic mass is 32.2. The number of thioether (sulfide) groups is 2. The average molecular weight is 423 g/mol. The molecular formula is C20H18N6OS2. The van der Waals surface area contributed by atoms with Crippen LogP contribution in [0.5, 0.6) is 0 Å². The lowest BCUT2D eigenvalue weighted by Gasteiger charge is -2.12. The lowest BCUT2D eigenvalue weighted by Crippen LogP contribution is -2.11. The standard InChI is InChI=1S/C20H18N6OS2/c1-12-7-13(2)9-15(8-12)18-23-25-20(27-18)29-11-16-10-28-19-24-22-17(26(16)19)14-3-5-21-6-4-14/h3-9,16H,10-11H2,1-2H3/t16-/m0/s1. The molecule has 3 aromatic heterocycles. The van der Waals surface area contributed by atoms with Crippen LogP contribution in [0.3, 0.4) is 0 Å². The van der Waals surface area contributed by atoms with Gasteiger partial charge in [0.05, 0.1) is 6.04 Å². The van der Waals surface area contributed by atoms with Gasteiger partial charge in [-0.15, -0.1) is 20.4 Å². The number of aryl methyl sites for hydroxylation is 2. The lowest BCUT2D eigenvalue weighted by molar-refractivity contribution is 0.464. The lowest BCUT2D eigenvalue weighted by atomic mass is 10.1. The first-order chi connectivity index (χ1) is 14.2. The third kappa shape index (κ3) is 3.67. The van der Waals surface area contributed by atoms with Crippen LogP contribution in [0.25, 0.3) is 22.8 Å². The van der Waals surface area contributed by atoms with Crippen molar-refractivity contribution in [2.45, 2.75) is 30.3 Å². The third-order valence-electron chi connectivity index (χ3n) is 4.65. The number of nitrogens with zero attached hydrogens (tertiary/aromatic N) is 6. The SMILES string of the molecule is Cc1cc(C)cc(-c2nnc(SC[C@@H]3CSc4nnc(-c5ccncc5)n43)o2)c1. The van der Waals surface area contributed by atoms with E-state index in [4.69, 9.17) is 4.42 Å². The molecule has 29 heavy (non-hydrogen) atoms. The molecule has 0 fully saturated rings. The summed E-state index contributed by atoms with van der Waals surface area (Å²) >= 11 is 3.30. The largest absolute Gasteiger partial charge is 0.411 e. The highest BCUT2D eigenvalue weighted by molar-refractivity contribution is 8.00. The number of benzene rings is 1. The summed E-state index contributed by atoms with van der Waals surface area (Å²) < 4.78 is 8.11. The van der Waals surface area contributed by atoms with Gasteiger partial charge in [0.1, 0.15) is 0 Å². The van der Waals surface area contributed by atoms with Crippen LogP contribution >= 0.6 is 23.5 Å². The van der Waals surface area contributed by atoms with Gasteiger partial charge in [0.25, 0.3) is 5.22 Å². The van der Waals surface area contributed by atoms with E-state index < -0.39 is 0 Å². The molecule has 4 aromatic rings. The highest BCUT2D eigenvalue weighted by Crippen LogP contribution is 2.39. The van der Waals surface area contributed by atoms with Gasteiger partial charge in [0.2, 0.25) is 5.89 Å². The van der Waals surface area contributed by atoms with Gasteiger partial charge >= 0.3 is 0 Å². The predicted molar refractivity (Wildman–Crippen MR) is 113 cm³/mol. The number of pyridine rings is 1. The number of hydrogen-bond acceptors (Lipinski definition) is 8. The van der Waals surface area contributed by atoms with Crippen molar-refractivity contribution in [1.29, 1.82) is 0 Å². The Morgan fingerprint density at radius 3 is 2.62 bits per heavy atom. The molecular weight excluding hydrogens is 404 g/mol. The molecule has 0 saturated carbocycles. The first-order valence-corrected chi connectivity index (χ1v) is 11.2. The minimum Gasteiger partial charge on any atom is -0.411 e. The zero-order valence-electron chi connectivity index (χ0n) is 15.9. The van der Waals surface area contributed by atoms with Gasteiger partial charge in [0, 0.05) is 35.0 Å². The van der Waals surface area contributed by atoms with Gasteiger partial charge in [-0.05, 0) is 38.1 Å². The molecule has 0 radical (unpaired) electrons. The van der Waals surface area contributed by atoms with Crippen LogP contribution in [0, 0.1) is 13.8 Å². The number of fused-ring (bicyclic) bond motifs is 1. The third-order valence-corrected chi connectivity index (χ3v) is 6.70. The average Bonchev–Trinajstić information content (AvgIpc) is 3.43. The summed E-state index contributed by atoms with van der Waals surface area (Å²) in [5.74, 6) is 3.19. The molecule has 146 valence electrons. The second-order valence-corrected chi connectivity index (χ2v) is 8.90. The Morgan fingerprint density at radius 1 is 1.03 bits per heavy atom. The van der Waals surface area contributed by atoms with Crippen LogP contribution in [0.15, 0.2) is 57.5 Å². The Labute approximate surface area is 176 Å². The quantitative estimate of drug-likeness (QED) is 0.436. The summed E-state index contributed by atoms with van der Waals surface area (Å²) in [4.78, 5) is 4.09. The second-order valence-electron chi connectivity index (χ2n) is 6.94. The van der Waals surface area contributed by atoms with Gasteiger partial charge < -0.3 is 4.42 Å². The van der Waals surface area contributed by atoms with Gasteiger partial charge in [-0.25, -0.2) is 0 Å². The van der Waals surface area contributed by atoms with E-state index in [1.165, 1.54) is 11.1 Å². The van der Waals surface area contributed by atoms with Crippen molar-refractivity contribution < 1.29 is 4.42 Å². The minimum atomic E-state index is 0.259. The summed E-state index contributed by atoms with van der Waals surface area (Å²) in [6, 6.07) is 10.4. The number of aromatic nitrogens is 6. The van der Waals surface area contributed by atoms with Crippen LogP contribution in [-0.4, -0.2) is 41.5 Å². The van der Waals surface area contributed by atoms with E-state index in [-0.39, 0.29) is 6.04 Å². The summed E-state index contributed by atoms with van der Waals surface area (Å²) in [6.07, 6.45) is 3.55. The van der Waals surface area contributed by atoms with Gasteiger partial charge in [-0.2, -0.15) is 0 Å². The normalized spacial score (nSPS) is 15.6. The van der Waals surface area contributed by atoms with E-state index in [1.54, 1.807) is 35.9 Å². The predicted octanol–water partition coefficient (Wildman–Crippen LogP) is 4.45. The van der Waals surface area contributed by atoms with Crippen molar-refractivity contribution in [1.82, 2.24) is 29.9 Å². The molecule has 5 rings (SSSR count). The molecule has 1 atom stereocenters. The zero-order valence-corrected chi connectivity index (χ0v) is 17.6. The molecule has 0 aliphatic carbocycles. The van der Waals surface area contributed by atoms with Gasteiger partial charge in [0.15, 0.2) is 11.0 Å². The minimum absolute atomic E-state index is 0.259. The van der Waals surface area contributed by atoms with Crippen LogP contribution in [-0.2, 0) is 0 Å². The molecule has 1 aliphatic rings. The van der Waals surface area contributed by atoms with Crippen molar-refractivity contribution in [2.24, 2.45) is 0 Å². The first kappa shape index (κ1) is 18.4. The highest BCUT2D eigenvalue weighted by Gasteiger charge is 2.29. The molecule has 0 N–H and O–H groups in total. The van der Waals surface area contributed by atoms with Gasteiger partial charge in [-0.1, -0.05) is 40.7 Å². The molecule has 0 bridgehead atoms. The molecule has 1 aromatic carbocycles. The van der Waals surface area contributed by atoms with E-state index >= 15 is 0 Å². The number of rotatable bonds is 5. The molecule has 0 saturated heterocycles. The summed E-state index contributed by atoms with van der Waals surface area (Å²) in [6.45, 7) is 4.13. The Balaban J connectivity index is 1.33. The Bertz CT molecular complexity index is 1140. The maximum absolute atomic E-state index is 5.91. The van der Waals surface area contributed by atoms with Crippen LogP contribution in [0.4, 0.5) is 0 Å². The van der Waals surface area contributed by atoms with Crippen LogP contribution in [0.2, 0.25) is 0 Å². The van der Waals surface area contributed by atoms with E-state index in [0.717, 1.165) is 33.6 Å². The monoisotopic (exact) mass is 422 g/mol. The van der Waals surface area contributed by atoms with Crippen molar-refractivity contribution in [3.05, 3.63) is 53.9 Å². The topological polar surface area (TPSA) is 82.5 Å². The van der Waals surface area contributed by atoms with Crippen LogP contribution < -0.4 is 0 Å². The molecule has 0 unspecified atom stereocenters. The summed E-state index contributed by atoms with van der Waals surface area (Å²) in [5.41, 5.74) is 4.34. The molecule has 0 spiro atoms. The fourth-order valence-corrected chi connectivity index (χ4v) is 5.49. The molecule has 9 heteroatoms. The van der Waals surface area contributed by atoms with Crippen molar-refractivity contribution in [2.75, 3.05) is 11.5 Å². The fraction of sp³-hybridized carbons (Fsp3) is 0.250. The first-order valence-electron chi connectivity index (χ1n) is 9.20. The van der Waals surface area contributed by atoms with E-state index in [0.29, 0.717) is 11.1 Å². The van der Waals surface area contributed by atoms with E-state index in [2.05, 4.69) is 62.0 Å². The molecule has 0 amide bonds. The maximum atomic E-state index is 5.91.